The summed E-state index contributed by atoms with van der Waals surface area (Å²) in [6.45, 7) is 0. The molecule has 1 N–H and O–H groups in total. The van der Waals surface area contributed by atoms with Gasteiger partial charge < -0.3 is 10.1 Å². The van der Waals surface area contributed by atoms with Crippen LogP contribution in [0.4, 0.5) is 10.1 Å². The fourth-order valence-corrected chi connectivity index (χ4v) is 3.53. The number of esters is 1. The summed E-state index contributed by atoms with van der Waals surface area (Å²) in [5.74, 6) is -0.337. The third-order valence-electron chi connectivity index (χ3n) is 3.41. The Morgan fingerprint density at radius 2 is 2.14 bits per heavy atom. The molecule has 0 radical (unpaired) electrons. The van der Waals surface area contributed by atoms with Crippen LogP contribution in [0.25, 0.3) is 0 Å². The standard InChI is InChI=1S/C16H14FNO2S/c1-20-16(19)12-8-10(6-7-13(12)17)18-14-9-21-15-5-3-2-4-11(14)15/h2-8,14,18H,9H2,1H3. The number of thioether (sulfide) groups is 1. The maximum absolute atomic E-state index is 13.6. The number of rotatable bonds is 3. The molecule has 3 rings (SSSR count). The van der Waals surface area contributed by atoms with Gasteiger partial charge in [-0.2, -0.15) is 0 Å². The van der Waals surface area contributed by atoms with Crippen molar-refractivity contribution in [2.75, 3.05) is 18.2 Å². The Bertz CT molecular complexity index is 690. The largest absolute Gasteiger partial charge is 0.465 e. The number of methoxy groups -OCH3 is 1. The lowest BCUT2D eigenvalue weighted by molar-refractivity contribution is 0.0595. The highest BCUT2D eigenvalue weighted by Gasteiger charge is 2.23. The highest BCUT2D eigenvalue weighted by molar-refractivity contribution is 7.99. The van der Waals surface area contributed by atoms with E-state index in [1.54, 1.807) is 17.8 Å². The third kappa shape index (κ3) is 2.74. The van der Waals surface area contributed by atoms with Gasteiger partial charge >= 0.3 is 5.97 Å². The van der Waals surface area contributed by atoms with E-state index in [4.69, 9.17) is 0 Å². The van der Waals surface area contributed by atoms with E-state index in [1.807, 2.05) is 12.1 Å². The van der Waals surface area contributed by atoms with E-state index in [1.165, 1.54) is 29.7 Å². The predicted octanol–water partition coefficient (Wildman–Crippen LogP) is 3.87. The second-order valence-electron chi connectivity index (χ2n) is 4.73. The molecule has 2 aromatic rings. The molecule has 2 aromatic carbocycles. The topological polar surface area (TPSA) is 38.3 Å². The molecular formula is C16H14FNO2S. The molecule has 0 bridgehead atoms. The molecule has 1 heterocycles. The molecule has 0 spiro atoms. The van der Waals surface area contributed by atoms with Crippen molar-refractivity contribution in [1.82, 2.24) is 0 Å². The van der Waals surface area contributed by atoms with Crippen LogP contribution < -0.4 is 5.32 Å². The summed E-state index contributed by atoms with van der Waals surface area (Å²) >= 11 is 1.79. The Balaban J connectivity index is 1.85. The first-order chi connectivity index (χ1) is 10.2. The van der Waals surface area contributed by atoms with Gasteiger partial charge in [0.1, 0.15) is 5.82 Å². The summed E-state index contributed by atoms with van der Waals surface area (Å²) in [6.07, 6.45) is 0. The van der Waals surface area contributed by atoms with E-state index in [9.17, 15) is 9.18 Å². The molecule has 0 aromatic heterocycles. The first-order valence-corrected chi connectivity index (χ1v) is 7.53. The number of fused-ring (bicyclic) bond motifs is 1. The molecule has 1 unspecified atom stereocenters. The van der Waals surface area contributed by atoms with E-state index < -0.39 is 11.8 Å². The van der Waals surface area contributed by atoms with Crippen LogP contribution in [-0.4, -0.2) is 18.8 Å². The van der Waals surface area contributed by atoms with Crippen LogP contribution in [0.15, 0.2) is 47.4 Å². The molecule has 108 valence electrons. The van der Waals surface area contributed by atoms with Gasteiger partial charge in [0.15, 0.2) is 0 Å². The second kappa shape index (κ2) is 5.77. The predicted molar refractivity (Wildman–Crippen MR) is 81.3 cm³/mol. The smallest absolute Gasteiger partial charge is 0.340 e. The Hall–Kier alpha value is -2.01. The zero-order valence-electron chi connectivity index (χ0n) is 11.4. The lowest BCUT2D eigenvalue weighted by Crippen LogP contribution is -2.11. The number of anilines is 1. The Morgan fingerprint density at radius 1 is 1.33 bits per heavy atom. The lowest BCUT2D eigenvalue weighted by Gasteiger charge is -2.15. The third-order valence-corrected chi connectivity index (χ3v) is 4.60. The summed E-state index contributed by atoms with van der Waals surface area (Å²) in [5.41, 5.74) is 1.88. The van der Waals surface area contributed by atoms with Crippen LogP contribution in [0.5, 0.6) is 0 Å². The highest BCUT2D eigenvalue weighted by Crippen LogP contribution is 2.39. The Morgan fingerprint density at radius 3 is 2.95 bits per heavy atom. The minimum absolute atomic E-state index is 0.0542. The molecule has 1 aliphatic heterocycles. The van der Waals surface area contributed by atoms with Crippen molar-refractivity contribution in [3.05, 3.63) is 59.4 Å². The summed E-state index contributed by atoms with van der Waals surface area (Å²) in [4.78, 5) is 12.8. The zero-order chi connectivity index (χ0) is 14.8. The number of ether oxygens (including phenoxy) is 1. The Kier molecular flexibility index (Phi) is 3.84. The van der Waals surface area contributed by atoms with E-state index in [-0.39, 0.29) is 11.6 Å². The van der Waals surface area contributed by atoms with Gasteiger partial charge in [0, 0.05) is 16.3 Å². The van der Waals surface area contributed by atoms with Crippen LogP contribution in [0, 0.1) is 5.82 Å². The number of hydrogen-bond donors (Lipinski definition) is 1. The van der Waals surface area contributed by atoms with Crippen molar-refractivity contribution in [3.63, 3.8) is 0 Å². The fraction of sp³-hybridized carbons (Fsp3) is 0.188. The van der Waals surface area contributed by atoms with E-state index in [2.05, 4.69) is 22.2 Å². The average molecular weight is 303 g/mol. The molecule has 5 heteroatoms. The molecule has 21 heavy (non-hydrogen) atoms. The van der Waals surface area contributed by atoms with Crippen molar-refractivity contribution in [3.8, 4) is 0 Å². The molecule has 0 saturated carbocycles. The van der Waals surface area contributed by atoms with Crippen molar-refractivity contribution in [2.45, 2.75) is 10.9 Å². The van der Waals surface area contributed by atoms with Gasteiger partial charge in [-0.3, -0.25) is 0 Å². The number of hydrogen-bond acceptors (Lipinski definition) is 4. The molecule has 0 aliphatic carbocycles. The summed E-state index contributed by atoms with van der Waals surface area (Å²) in [6, 6.07) is 12.8. The summed E-state index contributed by atoms with van der Waals surface area (Å²) < 4.78 is 18.2. The number of halogens is 1. The highest BCUT2D eigenvalue weighted by atomic mass is 32.2. The molecule has 3 nitrogen and oxygen atoms in total. The van der Waals surface area contributed by atoms with Crippen molar-refractivity contribution in [1.29, 1.82) is 0 Å². The number of benzene rings is 2. The van der Waals surface area contributed by atoms with Crippen molar-refractivity contribution < 1.29 is 13.9 Å². The normalized spacial score (nSPS) is 16.4. The van der Waals surface area contributed by atoms with Gasteiger partial charge in [-0.05, 0) is 29.8 Å². The molecule has 1 atom stereocenters. The van der Waals surface area contributed by atoms with Gasteiger partial charge in [-0.1, -0.05) is 18.2 Å². The molecule has 0 saturated heterocycles. The zero-order valence-corrected chi connectivity index (χ0v) is 12.2. The first-order valence-electron chi connectivity index (χ1n) is 6.55. The number of carbonyl (C=O) groups excluding carboxylic acids is 1. The van der Waals surface area contributed by atoms with Gasteiger partial charge in [-0.25, -0.2) is 9.18 Å². The van der Waals surface area contributed by atoms with Gasteiger partial charge in [-0.15, -0.1) is 11.8 Å². The Labute approximate surface area is 126 Å². The van der Waals surface area contributed by atoms with Crippen LogP contribution in [0.2, 0.25) is 0 Å². The van der Waals surface area contributed by atoms with Crippen LogP contribution in [0.1, 0.15) is 22.0 Å². The fourth-order valence-electron chi connectivity index (χ4n) is 2.36. The monoisotopic (exact) mass is 303 g/mol. The minimum Gasteiger partial charge on any atom is -0.465 e. The molecular weight excluding hydrogens is 289 g/mol. The molecule has 0 amide bonds. The van der Waals surface area contributed by atoms with E-state index >= 15 is 0 Å². The van der Waals surface area contributed by atoms with Gasteiger partial charge in [0.25, 0.3) is 0 Å². The molecule has 0 fully saturated rings. The van der Waals surface area contributed by atoms with Crippen molar-refractivity contribution in [2.24, 2.45) is 0 Å². The van der Waals surface area contributed by atoms with Crippen molar-refractivity contribution >= 4 is 23.4 Å². The van der Waals surface area contributed by atoms with Crippen LogP contribution in [0.3, 0.4) is 0 Å². The maximum atomic E-state index is 13.6. The quantitative estimate of drug-likeness (QED) is 0.874. The van der Waals surface area contributed by atoms with Crippen LogP contribution in [-0.2, 0) is 4.74 Å². The van der Waals surface area contributed by atoms with Crippen LogP contribution >= 0.6 is 11.8 Å². The number of carbonyl (C=O) groups is 1. The second-order valence-corrected chi connectivity index (χ2v) is 5.79. The average Bonchev–Trinajstić information content (AvgIpc) is 2.92. The minimum atomic E-state index is -0.669. The van der Waals surface area contributed by atoms with Gasteiger partial charge in [0.05, 0.1) is 18.7 Å². The summed E-state index contributed by atoms with van der Waals surface area (Å²) in [5, 5.41) is 3.35. The first kappa shape index (κ1) is 13.9. The van der Waals surface area contributed by atoms with E-state index in [0.717, 1.165) is 5.75 Å². The van der Waals surface area contributed by atoms with Gasteiger partial charge in [0.2, 0.25) is 0 Å². The molecule has 1 aliphatic rings. The summed E-state index contributed by atoms with van der Waals surface area (Å²) in [7, 11) is 1.24. The SMILES string of the molecule is COC(=O)c1cc(NC2CSc3ccccc32)ccc1F. The van der Waals surface area contributed by atoms with E-state index in [0.29, 0.717) is 5.69 Å². The number of nitrogens with one attached hydrogen (secondary N) is 1. The maximum Gasteiger partial charge on any atom is 0.340 e. The lowest BCUT2D eigenvalue weighted by atomic mass is 10.1.